The Hall–Kier alpha value is -1.87. The molecule has 2 aromatic rings. The third-order valence-electron chi connectivity index (χ3n) is 2.89. The number of hydrogen-bond donors (Lipinski definition) is 0. The van der Waals surface area contributed by atoms with Gasteiger partial charge in [-0.15, -0.1) is 0 Å². The van der Waals surface area contributed by atoms with Gasteiger partial charge in [0.25, 0.3) is 0 Å². The van der Waals surface area contributed by atoms with Gasteiger partial charge in [0.1, 0.15) is 0 Å². The molecule has 0 aliphatic rings. The first-order valence-corrected chi connectivity index (χ1v) is 6.37. The van der Waals surface area contributed by atoms with Crippen molar-refractivity contribution >= 4 is 23.1 Å². The largest absolute Gasteiger partial charge is 0.367 e. The van der Waals surface area contributed by atoms with E-state index in [1.54, 1.807) is 18.3 Å². The number of Topliss-reactive ketones (excluding diaryl/α,β-unsaturated/α-hetero) is 1. The number of benzene rings is 1. The van der Waals surface area contributed by atoms with Crippen LogP contribution >= 0.6 is 11.6 Å². The van der Waals surface area contributed by atoms with Crippen molar-refractivity contribution in [3.05, 3.63) is 58.9 Å². The van der Waals surface area contributed by atoms with Gasteiger partial charge >= 0.3 is 0 Å². The highest BCUT2D eigenvalue weighted by Crippen LogP contribution is 2.27. The van der Waals surface area contributed by atoms with E-state index in [-0.39, 0.29) is 5.78 Å². The van der Waals surface area contributed by atoms with Crippen LogP contribution in [0.25, 0.3) is 0 Å². The van der Waals surface area contributed by atoms with E-state index in [4.69, 9.17) is 11.6 Å². The van der Waals surface area contributed by atoms with Gasteiger partial charge < -0.3 is 4.90 Å². The van der Waals surface area contributed by atoms with E-state index in [2.05, 4.69) is 4.98 Å². The van der Waals surface area contributed by atoms with E-state index in [1.165, 1.54) is 6.92 Å². The Bertz CT molecular complexity index is 584. The molecule has 0 radical (unpaired) electrons. The molecule has 4 heteroatoms. The molecule has 0 bridgehead atoms. The molecule has 0 atom stereocenters. The second-order valence-electron chi connectivity index (χ2n) is 4.40. The zero-order valence-electron chi connectivity index (χ0n) is 10.9. The second kappa shape index (κ2) is 5.85. The van der Waals surface area contributed by atoms with Crippen LogP contribution in [0, 0.1) is 0 Å². The lowest BCUT2D eigenvalue weighted by atomic mass is 10.1. The van der Waals surface area contributed by atoms with Crippen molar-refractivity contribution in [3.63, 3.8) is 0 Å². The number of hydrogen-bond acceptors (Lipinski definition) is 3. The molecule has 0 amide bonds. The number of nitrogens with zero attached hydrogens (tertiary/aromatic N) is 2. The van der Waals surface area contributed by atoms with Crippen molar-refractivity contribution in [1.82, 2.24) is 4.98 Å². The Morgan fingerprint density at radius 1 is 1.32 bits per heavy atom. The minimum Gasteiger partial charge on any atom is -0.367 e. The van der Waals surface area contributed by atoms with E-state index in [0.29, 0.717) is 17.1 Å². The fraction of sp³-hybridized carbons (Fsp3) is 0.200. The van der Waals surface area contributed by atoms with Gasteiger partial charge in [0.05, 0.1) is 22.9 Å². The predicted molar refractivity (Wildman–Crippen MR) is 77.8 cm³/mol. The average Bonchev–Trinajstić information content (AvgIpc) is 2.39. The van der Waals surface area contributed by atoms with Crippen LogP contribution in [-0.4, -0.2) is 17.8 Å². The highest BCUT2D eigenvalue weighted by atomic mass is 35.5. The van der Waals surface area contributed by atoms with Gasteiger partial charge in [0.15, 0.2) is 5.78 Å². The summed E-state index contributed by atoms with van der Waals surface area (Å²) in [6.07, 6.45) is 1.77. The lowest BCUT2D eigenvalue weighted by Gasteiger charge is -2.20. The van der Waals surface area contributed by atoms with Crippen molar-refractivity contribution < 1.29 is 4.79 Å². The highest BCUT2D eigenvalue weighted by molar-refractivity contribution is 6.33. The molecule has 0 aliphatic carbocycles. The molecule has 0 saturated carbocycles. The van der Waals surface area contributed by atoms with Gasteiger partial charge in [-0.2, -0.15) is 0 Å². The van der Waals surface area contributed by atoms with Crippen molar-refractivity contribution in [2.75, 3.05) is 11.9 Å². The zero-order valence-corrected chi connectivity index (χ0v) is 11.7. The van der Waals surface area contributed by atoms with Crippen LogP contribution in [0.15, 0.2) is 42.6 Å². The molecule has 1 heterocycles. The molecule has 0 spiro atoms. The molecule has 0 unspecified atom stereocenters. The Morgan fingerprint density at radius 3 is 2.68 bits per heavy atom. The third kappa shape index (κ3) is 3.32. The maximum absolute atomic E-state index is 11.3. The number of carbonyl (C=O) groups is 1. The molecule has 19 heavy (non-hydrogen) atoms. The third-order valence-corrected chi connectivity index (χ3v) is 3.19. The molecule has 2 rings (SSSR count). The topological polar surface area (TPSA) is 33.2 Å². The first-order valence-electron chi connectivity index (χ1n) is 5.99. The van der Waals surface area contributed by atoms with E-state index in [0.717, 1.165) is 11.4 Å². The fourth-order valence-corrected chi connectivity index (χ4v) is 2.18. The molecule has 0 saturated heterocycles. The van der Waals surface area contributed by atoms with Crippen LogP contribution in [0.4, 0.5) is 5.69 Å². The lowest BCUT2D eigenvalue weighted by molar-refractivity contribution is 0.101. The summed E-state index contributed by atoms with van der Waals surface area (Å²) in [5.41, 5.74) is 2.48. The summed E-state index contributed by atoms with van der Waals surface area (Å²) >= 11 is 6.22. The highest BCUT2D eigenvalue weighted by Gasteiger charge is 2.09. The number of halogens is 1. The summed E-state index contributed by atoms with van der Waals surface area (Å²) in [6.45, 7) is 2.20. The number of anilines is 1. The summed E-state index contributed by atoms with van der Waals surface area (Å²) < 4.78 is 0. The van der Waals surface area contributed by atoms with Gasteiger partial charge in [0.2, 0.25) is 0 Å². The zero-order chi connectivity index (χ0) is 13.8. The molecule has 1 aromatic carbocycles. The maximum atomic E-state index is 11.3. The van der Waals surface area contributed by atoms with Crippen LogP contribution in [0.1, 0.15) is 23.0 Å². The smallest absolute Gasteiger partial charge is 0.159 e. The van der Waals surface area contributed by atoms with Crippen molar-refractivity contribution in [2.45, 2.75) is 13.5 Å². The molecule has 98 valence electrons. The SMILES string of the molecule is CC(=O)c1ccc(N(C)Cc2ccccn2)c(Cl)c1. The Labute approximate surface area is 117 Å². The summed E-state index contributed by atoms with van der Waals surface area (Å²) in [5, 5.41) is 0.575. The molecule has 0 N–H and O–H groups in total. The average molecular weight is 275 g/mol. The van der Waals surface area contributed by atoms with E-state index < -0.39 is 0 Å². The number of carbonyl (C=O) groups excluding carboxylic acids is 1. The van der Waals surface area contributed by atoms with Crippen molar-refractivity contribution in [3.8, 4) is 0 Å². The molecule has 0 aliphatic heterocycles. The lowest BCUT2D eigenvalue weighted by Crippen LogP contribution is -2.17. The number of pyridine rings is 1. The summed E-state index contributed by atoms with van der Waals surface area (Å²) in [7, 11) is 1.95. The maximum Gasteiger partial charge on any atom is 0.159 e. The number of rotatable bonds is 4. The quantitative estimate of drug-likeness (QED) is 0.799. The van der Waals surface area contributed by atoms with E-state index in [9.17, 15) is 4.79 Å². The van der Waals surface area contributed by atoms with Gasteiger partial charge in [-0.1, -0.05) is 17.7 Å². The van der Waals surface area contributed by atoms with Crippen LogP contribution in [0.2, 0.25) is 5.02 Å². The van der Waals surface area contributed by atoms with Crippen LogP contribution in [0.5, 0.6) is 0 Å². The first kappa shape index (κ1) is 13.6. The molecule has 1 aromatic heterocycles. The summed E-state index contributed by atoms with van der Waals surface area (Å²) in [4.78, 5) is 17.6. The standard InChI is InChI=1S/C15H15ClN2O/c1-11(19)12-6-7-15(14(16)9-12)18(2)10-13-5-3-4-8-17-13/h3-9H,10H2,1-2H3. The minimum atomic E-state index is 0.0147. The van der Waals surface area contributed by atoms with Crippen LogP contribution in [-0.2, 0) is 6.54 Å². The fourth-order valence-electron chi connectivity index (χ4n) is 1.86. The van der Waals surface area contributed by atoms with Crippen molar-refractivity contribution in [2.24, 2.45) is 0 Å². The van der Waals surface area contributed by atoms with E-state index in [1.807, 2.05) is 36.2 Å². The second-order valence-corrected chi connectivity index (χ2v) is 4.81. The number of aromatic nitrogens is 1. The summed E-state index contributed by atoms with van der Waals surface area (Å²) in [6, 6.07) is 11.2. The van der Waals surface area contributed by atoms with E-state index >= 15 is 0 Å². The van der Waals surface area contributed by atoms with Gasteiger partial charge in [-0.25, -0.2) is 0 Å². The Balaban J connectivity index is 2.20. The van der Waals surface area contributed by atoms with Crippen LogP contribution in [0.3, 0.4) is 0 Å². The van der Waals surface area contributed by atoms with Gasteiger partial charge in [-0.05, 0) is 37.3 Å². The van der Waals surface area contributed by atoms with Crippen molar-refractivity contribution in [1.29, 1.82) is 0 Å². The predicted octanol–water partition coefficient (Wildman–Crippen LogP) is 3.57. The first-order chi connectivity index (χ1) is 9.08. The normalized spacial score (nSPS) is 10.3. The Morgan fingerprint density at radius 2 is 2.11 bits per heavy atom. The number of ketones is 1. The minimum absolute atomic E-state index is 0.0147. The Kier molecular flexibility index (Phi) is 4.17. The molecular weight excluding hydrogens is 260 g/mol. The van der Waals surface area contributed by atoms with Gasteiger partial charge in [0, 0.05) is 18.8 Å². The monoisotopic (exact) mass is 274 g/mol. The summed E-state index contributed by atoms with van der Waals surface area (Å²) in [5.74, 6) is 0.0147. The van der Waals surface area contributed by atoms with Gasteiger partial charge in [-0.3, -0.25) is 9.78 Å². The van der Waals surface area contributed by atoms with Crippen LogP contribution < -0.4 is 4.90 Å². The molecular formula is C15H15ClN2O. The molecule has 3 nitrogen and oxygen atoms in total. The molecule has 0 fully saturated rings.